The molecule has 0 saturated carbocycles. The zero-order chi connectivity index (χ0) is 15.7. The number of pyridine rings is 1. The van der Waals surface area contributed by atoms with Gasteiger partial charge in [0.15, 0.2) is 0 Å². The van der Waals surface area contributed by atoms with Crippen molar-refractivity contribution in [3.8, 4) is 22.8 Å². The summed E-state index contributed by atoms with van der Waals surface area (Å²) in [6.45, 7) is -0.139. The number of nitrogens with zero attached hydrogens (tertiary/aromatic N) is 2. The van der Waals surface area contributed by atoms with Crippen LogP contribution in [0.4, 0.5) is 0 Å². The van der Waals surface area contributed by atoms with Gasteiger partial charge in [-0.2, -0.15) is 0 Å². The molecule has 0 spiro atoms. The molecule has 1 N–H and O–H groups in total. The Balaban J connectivity index is 2.33. The Morgan fingerprint density at radius 2 is 2.00 bits per heavy atom. The van der Waals surface area contributed by atoms with E-state index in [-0.39, 0.29) is 6.61 Å². The van der Waals surface area contributed by atoms with E-state index in [9.17, 15) is 5.11 Å². The van der Waals surface area contributed by atoms with E-state index in [1.54, 1.807) is 14.2 Å². The third kappa shape index (κ3) is 2.34. The molecule has 0 atom stereocenters. The number of rotatable bonds is 4. The predicted molar refractivity (Wildman–Crippen MR) is 87.4 cm³/mol. The zero-order valence-electron chi connectivity index (χ0n) is 12.2. The molecule has 6 heteroatoms. The molecule has 0 saturated heterocycles. The van der Waals surface area contributed by atoms with Gasteiger partial charge in [0.25, 0.3) is 0 Å². The van der Waals surface area contributed by atoms with Crippen LogP contribution in [0.3, 0.4) is 0 Å². The molecule has 5 nitrogen and oxygen atoms in total. The summed E-state index contributed by atoms with van der Waals surface area (Å²) in [4.78, 5) is 4.64. The maximum absolute atomic E-state index is 9.83. The van der Waals surface area contributed by atoms with Crippen molar-refractivity contribution < 1.29 is 14.6 Å². The number of aliphatic hydroxyl groups is 1. The summed E-state index contributed by atoms with van der Waals surface area (Å²) in [5.74, 6) is 1.38. The molecular weight excluding hydrogens is 348 g/mol. The van der Waals surface area contributed by atoms with Crippen molar-refractivity contribution in [3.63, 3.8) is 0 Å². The summed E-state index contributed by atoms with van der Waals surface area (Å²) in [6, 6.07) is 11.2. The molecule has 3 aromatic rings. The molecule has 114 valence electrons. The van der Waals surface area contributed by atoms with Gasteiger partial charge in [-0.25, -0.2) is 4.98 Å². The molecule has 2 aromatic heterocycles. The Hall–Kier alpha value is -2.05. The molecule has 0 fully saturated rings. The molecule has 2 heterocycles. The van der Waals surface area contributed by atoms with Crippen molar-refractivity contribution in [3.05, 3.63) is 46.7 Å². The van der Waals surface area contributed by atoms with Crippen molar-refractivity contribution in [1.29, 1.82) is 0 Å². The van der Waals surface area contributed by atoms with Crippen LogP contribution in [0.25, 0.3) is 16.9 Å². The highest BCUT2D eigenvalue weighted by Crippen LogP contribution is 2.36. The minimum Gasteiger partial charge on any atom is -0.497 e. The molecule has 0 unspecified atom stereocenters. The lowest BCUT2D eigenvalue weighted by atomic mass is 10.1. The van der Waals surface area contributed by atoms with Crippen LogP contribution in [0.2, 0.25) is 0 Å². The quantitative estimate of drug-likeness (QED) is 0.723. The highest BCUT2D eigenvalue weighted by Gasteiger charge is 2.18. The normalized spacial score (nSPS) is 10.9. The topological polar surface area (TPSA) is 56.0 Å². The van der Waals surface area contributed by atoms with E-state index in [0.717, 1.165) is 15.8 Å². The lowest BCUT2D eigenvalue weighted by Crippen LogP contribution is -1.97. The summed E-state index contributed by atoms with van der Waals surface area (Å²) in [5, 5.41) is 9.83. The van der Waals surface area contributed by atoms with Gasteiger partial charge >= 0.3 is 0 Å². The molecular formula is C16H15BrN2O3. The first-order valence-corrected chi connectivity index (χ1v) is 7.48. The summed E-state index contributed by atoms with van der Waals surface area (Å²) in [7, 11) is 3.22. The van der Waals surface area contributed by atoms with Crippen LogP contribution in [0.5, 0.6) is 11.5 Å². The first kappa shape index (κ1) is 14.9. The fourth-order valence-corrected chi connectivity index (χ4v) is 3.02. The van der Waals surface area contributed by atoms with Gasteiger partial charge in [0, 0.05) is 5.56 Å². The number of aromatic nitrogens is 2. The largest absolute Gasteiger partial charge is 0.497 e. The van der Waals surface area contributed by atoms with E-state index in [4.69, 9.17) is 9.47 Å². The first-order chi connectivity index (χ1) is 10.7. The van der Waals surface area contributed by atoms with E-state index in [1.807, 2.05) is 40.8 Å². The van der Waals surface area contributed by atoms with Gasteiger partial charge in [-0.05, 0) is 46.3 Å². The standard InChI is InChI=1S/C16H15BrN2O3/c1-21-10-6-7-13(22-2)11(8-10)16-12(9-20)19-14(17)4-3-5-15(19)18-16/h3-8,20H,9H2,1-2H3. The number of ether oxygens (including phenoxy) is 2. The second kappa shape index (κ2) is 5.98. The van der Waals surface area contributed by atoms with Crippen LogP contribution in [-0.2, 0) is 6.61 Å². The van der Waals surface area contributed by atoms with Crippen molar-refractivity contribution in [1.82, 2.24) is 9.38 Å². The molecule has 22 heavy (non-hydrogen) atoms. The minimum absolute atomic E-state index is 0.139. The zero-order valence-corrected chi connectivity index (χ0v) is 13.8. The summed E-state index contributed by atoms with van der Waals surface area (Å²) >= 11 is 3.49. The van der Waals surface area contributed by atoms with Crippen LogP contribution in [0.1, 0.15) is 5.69 Å². The van der Waals surface area contributed by atoms with Crippen LogP contribution in [0, 0.1) is 0 Å². The second-order valence-corrected chi connectivity index (χ2v) is 5.49. The molecule has 0 aliphatic carbocycles. The number of halogens is 1. The van der Waals surface area contributed by atoms with Gasteiger partial charge in [-0.15, -0.1) is 0 Å². The van der Waals surface area contributed by atoms with E-state index in [2.05, 4.69) is 20.9 Å². The van der Waals surface area contributed by atoms with Crippen LogP contribution >= 0.6 is 15.9 Å². The molecule has 0 aliphatic rings. The van der Waals surface area contributed by atoms with Gasteiger partial charge in [0.1, 0.15) is 17.1 Å². The molecule has 0 aliphatic heterocycles. The van der Waals surface area contributed by atoms with E-state index >= 15 is 0 Å². The highest BCUT2D eigenvalue weighted by atomic mass is 79.9. The number of hydrogen-bond donors (Lipinski definition) is 1. The number of fused-ring (bicyclic) bond motifs is 1. The lowest BCUT2D eigenvalue weighted by Gasteiger charge is -2.10. The van der Waals surface area contributed by atoms with Crippen molar-refractivity contribution >= 4 is 21.6 Å². The van der Waals surface area contributed by atoms with E-state index < -0.39 is 0 Å². The Morgan fingerprint density at radius 1 is 1.18 bits per heavy atom. The minimum atomic E-state index is -0.139. The van der Waals surface area contributed by atoms with Gasteiger partial charge in [0.05, 0.1) is 36.8 Å². The third-order valence-corrected chi connectivity index (χ3v) is 4.12. The Morgan fingerprint density at radius 3 is 2.68 bits per heavy atom. The first-order valence-electron chi connectivity index (χ1n) is 6.68. The van der Waals surface area contributed by atoms with Gasteiger partial charge in [-0.1, -0.05) is 6.07 Å². The fraction of sp³-hybridized carbons (Fsp3) is 0.188. The lowest BCUT2D eigenvalue weighted by molar-refractivity contribution is 0.276. The Kier molecular flexibility index (Phi) is 4.04. The number of aliphatic hydroxyl groups excluding tert-OH is 1. The van der Waals surface area contributed by atoms with Crippen molar-refractivity contribution in [2.45, 2.75) is 6.61 Å². The number of benzene rings is 1. The van der Waals surface area contributed by atoms with Crippen LogP contribution < -0.4 is 9.47 Å². The molecule has 0 radical (unpaired) electrons. The molecule has 1 aromatic carbocycles. The van der Waals surface area contributed by atoms with E-state index in [1.165, 1.54) is 0 Å². The maximum Gasteiger partial charge on any atom is 0.138 e. The highest BCUT2D eigenvalue weighted by molar-refractivity contribution is 9.10. The van der Waals surface area contributed by atoms with Gasteiger partial charge in [-0.3, -0.25) is 4.40 Å². The van der Waals surface area contributed by atoms with E-state index in [0.29, 0.717) is 22.9 Å². The predicted octanol–water partition coefficient (Wildman–Crippen LogP) is 3.27. The average molecular weight is 363 g/mol. The monoisotopic (exact) mass is 362 g/mol. The van der Waals surface area contributed by atoms with Crippen LogP contribution in [0.15, 0.2) is 41.0 Å². The summed E-state index contributed by atoms with van der Waals surface area (Å²) < 4.78 is 13.4. The maximum atomic E-state index is 9.83. The fourth-order valence-electron chi connectivity index (χ4n) is 2.47. The van der Waals surface area contributed by atoms with Crippen LogP contribution in [-0.4, -0.2) is 28.7 Å². The molecule has 3 rings (SSSR count). The Bertz CT molecular complexity index is 830. The second-order valence-electron chi connectivity index (χ2n) is 4.67. The molecule has 0 amide bonds. The number of methoxy groups -OCH3 is 2. The van der Waals surface area contributed by atoms with Gasteiger partial charge in [0.2, 0.25) is 0 Å². The van der Waals surface area contributed by atoms with Crippen molar-refractivity contribution in [2.75, 3.05) is 14.2 Å². The molecule has 0 bridgehead atoms. The van der Waals surface area contributed by atoms with Crippen molar-refractivity contribution in [2.24, 2.45) is 0 Å². The summed E-state index contributed by atoms with van der Waals surface area (Å²) in [6.07, 6.45) is 0. The number of imidazole rings is 1. The van der Waals surface area contributed by atoms with Gasteiger partial charge < -0.3 is 14.6 Å². The average Bonchev–Trinajstić information content (AvgIpc) is 2.94. The third-order valence-electron chi connectivity index (χ3n) is 3.50. The summed E-state index contributed by atoms with van der Waals surface area (Å²) in [5.41, 5.74) is 2.89. The smallest absolute Gasteiger partial charge is 0.138 e. The number of hydrogen-bond acceptors (Lipinski definition) is 4. The Labute approximate surface area is 136 Å². The SMILES string of the molecule is COc1ccc(OC)c(-c2nc3cccc(Br)n3c2CO)c1.